The summed E-state index contributed by atoms with van der Waals surface area (Å²) in [7, 11) is -3.35. The molecule has 6 nitrogen and oxygen atoms in total. The molecule has 21 heavy (non-hydrogen) atoms. The van der Waals surface area contributed by atoms with Gasteiger partial charge in [-0.05, 0) is 18.1 Å². The Bertz CT molecular complexity index is 624. The van der Waals surface area contributed by atoms with Crippen LogP contribution in [0.3, 0.4) is 0 Å². The Morgan fingerprint density at radius 2 is 2.00 bits per heavy atom. The van der Waals surface area contributed by atoms with Crippen molar-refractivity contribution < 1.29 is 17.9 Å². The summed E-state index contributed by atoms with van der Waals surface area (Å²) in [6.45, 7) is 4.90. The van der Waals surface area contributed by atoms with Crippen molar-refractivity contribution in [1.82, 2.24) is 10.2 Å². The number of ether oxygens (including phenoxy) is 2. The van der Waals surface area contributed by atoms with E-state index in [1.54, 1.807) is 6.07 Å². The summed E-state index contributed by atoms with van der Waals surface area (Å²) in [6.07, 6.45) is 1.91. The fraction of sp³-hybridized carbons (Fsp3) is 0.571. The van der Waals surface area contributed by atoms with E-state index in [9.17, 15) is 8.42 Å². The van der Waals surface area contributed by atoms with Crippen molar-refractivity contribution >= 4 is 9.84 Å². The van der Waals surface area contributed by atoms with E-state index in [0.717, 1.165) is 38.3 Å². The minimum absolute atomic E-state index is 0.0824. The molecule has 0 unspecified atom stereocenters. The zero-order valence-corrected chi connectivity index (χ0v) is 12.9. The van der Waals surface area contributed by atoms with Crippen LogP contribution in [-0.2, 0) is 16.3 Å². The molecular formula is C14H20N2O4S. The normalized spacial score (nSPS) is 18.9. The molecule has 0 radical (unpaired) electrons. The summed E-state index contributed by atoms with van der Waals surface area (Å²) in [5.41, 5.74) is 0.806. The van der Waals surface area contributed by atoms with Gasteiger partial charge in [-0.15, -0.1) is 0 Å². The van der Waals surface area contributed by atoms with Crippen LogP contribution >= 0.6 is 0 Å². The van der Waals surface area contributed by atoms with Crippen LogP contribution in [0.2, 0.25) is 0 Å². The Hall–Kier alpha value is -1.31. The van der Waals surface area contributed by atoms with Crippen LogP contribution in [-0.4, -0.2) is 59.1 Å². The molecule has 1 fully saturated rings. The molecule has 0 saturated carbocycles. The third-order valence-electron chi connectivity index (χ3n) is 3.85. The Kier molecular flexibility index (Phi) is 4.05. The topological polar surface area (TPSA) is 67.9 Å². The van der Waals surface area contributed by atoms with Gasteiger partial charge in [-0.2, -0.15) is 0 Å². The lowest BCUT2D eigenvalue weighted by Gasteiger charge is -2.27. The van der Waals surface area contributed by atoms with Gasteiger partial charge in [-0.1, -0.05) is 6.07 Å². The molecule has 116 valence electrons. The second kappa shape index (κ2) is 5.82. The molecule has 1 N–H and O–H groups in total. The van der Waals surface area contributed by atoms with E-state index in [1.807, 2.05) is 6.07 Å². The molecule has 2 aliphatic heterocycles. The van der Waals surface area contributed by atoms with Gasteiger partial charge < -0.3 is 19.7 Å². The average molecular weight is 312 g/mol. The number of nitrogens with one attached hydrogen (secondary N) is 1. The van der Waals surface area contributed by atoms with E-state index in [4.69, 9.17) is 9.47 Å². The lowest BCUT2D eigenvalue weighted by molar-refractivity contribution is 0.172. The van der Waals surface area contributed by atoms with E-state index in [2.05, 4.69) is 10.2 Å². The predicted molar refractivity (Wildman–Crippen MR) is 78.7 cm³/mol. The number of rotatable bonds is 4. The summed E-state index contributed by atoms with van der Waals surface area (Å²) in [5, 5.41) is 3.31. The van der Waals surface area contributed by atoms with Crippen molar-refractivity contribution in [1.29, 1.82) is 0 Å². The highest BCUT2D eigenvalue weighted by Crippen LogP contribution is 2.40. The number of nitrogens with zero attached hydrogens (tertiary/aromatic N) is 1. The maximum Gasteiger partial charge on any atom is 0.231 e. The van der Waals surface area contributed by atoms with Crippen molar-refractivity contribution in [2.75, 3.05) is 45.8 Å². The molecule has 2 heterocycles. The fourth-order valence-corrected chi connectivity index (χ4v) is 3.95. The largest absolute Gasteiger partial charge is 0.454 e. The number of hydrogen-bond acceptors (Lipinski definition) is 6. The maximum atomic E-state index is 12.1. The first-order valence-electron chi connectivity index (χ1n) is 7.10. The zero-order valence-electron chi connectivity index (χ0n) is 12.1. The van der Waals surface area contributed by atoms with E-state index >= 15 is 0 Å². The third kappa shape index (κ3) is 3.14. The summed E-state index contributed by atoms with van der Waals surface area (Å²) in [6, 6.07) is 3.64. The number of hydrogen-bond donors (Lipinski definition) is 1. The average Bonchev–Trinajstić information content (AvgIpc) is 2.92. The molecule has 0 atom stereocenters. The SMILES string of the molecule is CS(=O)(=O)c1c(CCN2CCNCC2)ccc2c1OCO2. The lowest BCUT2D eigenvalue weighted by Crippen LogP contribution is -2.44. The van der Waals surface area contributed by atoms with Gasteiger partial charge in [0.1, 0.15) is 4.90 Å². The first-order valence-corrected chi connectivity index (χ1v) is 8.99. The van der Waals surface area contributed by atoms with Crippen LogP contribution in [0, 0.1) is 0 Å². The lowest BCUT2D eigenvalue weighted by atomic mass is 10.1. The minimum Gasteiger partial charge on any atom is -0.454 e. The standard InChI is InChI=1S/C14H20N2O4S/c1-21(17,18)14-11(2-3-12-13(14)20-10-19-12)4-7-16-8-5-15-6-9-16/h2-3,15H,4-10H2,1H3. The highest BCUT2D eigenvalue weighted by atomic mass is 32.2. The minimum atomic E-state index is -3.35. The quantitative estimate of drug-likeness (QED) is 0.860. The van der Waals surface area contributed by atoms with Crippen molar-refractivity contribution in [3.63, 3.8) is 0 Å². The van der Waals surface area contributed by atoms with E-state index in [0.29, 0.717) is 17.9 Å². The first-order chi connectivity index (χ1) is 10.1. The van der Waals surface area contributed by atoms with Gasteiger partial charge in [-0.3, -0.25) is 0 Å². The molecule has 2 aliphatic rings. The Labute approximate surface area is 125 Å². The van der Waals surface area contributed by atoms with Crippen LogP contribution in [0.15, 0.2) is 17.0 Å². The molecule has 0 aliphatic carbocycles. The monoisotopic (exact) mass is 312 g/mol. The molecule has 1 aromatic rings. The second-order valence-corrected chi connectivity index (χ2v) is 7.35. The number of benzene rings is 1. The molecule has 1 saturated heterocycles. The van der Waals surface area contributed by atoms with Gasteiger partial charge in [-0.25, -0.2) is 8.42 Å². The number of fused-ring (bicyclic) bond motifs is 1. The number of piperazine rings is 1. The Balaban J connectivity index is 1.84. The van der Waals surface area contributed by atoms with E-state index < -0.39 is 9.84 Å². The van der Waals surface area contributed by atoms with Gasteiger partial charge in [0.05, 0.1) is 0 Å². The smallest absolute Gasteiger partial charge is 0.231 e. The molecular weight excluding hydrogens is 292 g/mol. The van der Waals surface area contributed by atoms with Crippen LogP contribution in [0.1, 0.15) is 5.56 Å². The zero-order chi connectivity index (χ0) is 14.9. The van der Waals surface area contributed by atoms with Crippen LogP contribution in [0.4, 0.5) is 0 Å². The van der Waals surface area contributed by atoms with Crippen LogP contribution in [0.25, 0.3) is 0 Å². The van der Waals surface area contributed by atoms with Crippen LogP contribution in [0.5, 0.6) is 11.5 Å². The highest BCUT2D eigenvalue weighted by molar-refractivity contribution is 7.90. The van der Waals surface area contributed by atoms with Crippen LogP contribution < -0.4 is 14.8 Å². The first kappa shape index (κ1) is 14.6. The molecule has 0 spiro atoms. The Morgan fingerprint density at radius 1 is 1.24 bits per heavy atom. The van der Waals surface area contributed by atoms with Gasteiger partial charge in [0.2, 0.25) is 6.79 Å². The Morgan fingerprint density at radius 3 is 2.71 bits per heavy atom. The predicted octanol–water partition coefficient (Wildman–Crippen LogP) is 0.267. The number of sulfone groups is 1. The maximum absolute atomic E-state index is 12.1. The molecule has 1 aromatic carbocycles. The molecule has 0 bridgehead atoms. The highest BCUT2D eigenvalue weighted by Gasteiger charge is 2.27. The van der Waals surface area contributed by atoms with Gasteiger partial charge in [0.15, 0.2) is 21.3 Å². The summed E-state index contributed by atoms with van der Waals surface area (Å²) in [5.74, 6) is 0.886. The van der Waals surface area contributed by atoms with E-state index in [1.165, 1.54) is 6.26 Å². The summed E-state index contributed by atoms with van der Waals surface area (Å²) < 4.78 is 34.9. The van der Waals surface area contributed by atoms with Crippen molar-refractivity contribution in [2.45, 2.75) is 11.3 Å². The molecule has 0 amide bonds. The van der Waals surface area contributed by atoms with Gasteiger partial charge in [0, 0.05) is 39.0 Å². The van der Waals surface area contributed by atoms with Crippen molar-refractivity contribution in [3.8, 4) is 11.5 Å². The van der Waals surface area contributed by atoms with Gasteiger partial charge >= 0.3 is 0 Å². The summed E-state index contributed by atoms with van der Waals surface area (Å²) >= 11 is 0. The summed E-state index contributed by atoms with van der Waals surface area (Å²) in [4.78, 5) is 2.63. The third-order valence-corrected chi connectivity index (χ3v) is 5.04. The molecule has 7 heteroatoms. The molecule has 0 aromatic heterocycles. The second-order valence-electron chi connectivity index (χ2n) is 5.40. The van der Waals surface area contributed by atoms with Crippen molar-refractivity contribution in [2.24, 2.45) is 0 Å². The molecule has 3 rings (SSSR count). The van der Waals surface area contributed by atoms with Crippen molar-refractivity contribution in [3.05, 3.63) is 17.7 Å². The fourth-order valence-electron chi connectivity index (χ4n) is 2.80. The van der Waals surface area contributed by atoms with Gasteiger partial charge in [0.25, 0.3) is 0 Å². The van der Waals surface area contributed by atoms with E-state index in [-0.39, 0.29) is 11.7 Å².